The van der Waals surface area contributed by atoms with Gasteiger partial charge in [-0.3, -0.25) is 15.5 Å². The van der Waals surface area contributed by atoms with E-state index >= 15 is 0 Å². The molecule has 148 valence electrons. The molecule has 1 aromatic carbocycles. The lowest BCUT2D eigenvalue weighted by molar-refractivity contribution is 0.00770. The van der Waals surface area contributed by atoms with Crippen molar-refractivity contribution in [2.24, 2.45) is 0 Å². The zero-order valence-corrected chi connectivity index (χ0v) is 17.2. The van der Waals surface area contributed by atoms with E-state index in [1.165, 1.54) is 11.3 Å². The summed E-state index contributed by atoms with van der Waals surface area (Å²) in [5, 5.41) is 21.3. The van der Waals surface area contributed by atoms with Crippen LogP contribution in [-0.4, -0.2) is 47.3 Å². The lowest BCUT2D eigenvalue weighted by Gasteiger charge is -2.49. The summed E-state index contributed by atoms with van der Waals surface area (Å²) in [4.78, 5) is 16.6. The van der Waals surface area contributed by atoms with Crippen LogP contribution in [0, 0.1) is 18.4 Å². The highest BCUT2D eigenvalue weighted by molar-refractivity contribution is 7.14. The number of carbonyl (C=O) groups excluding carboxylic acids is 1. The molecule has 1 aromatic heterocycles. The second-order valence-electron chi connectivity index (χ2n) is 7.45. The van der Waals surface area contributed by atoms with Gasteiger partial charge in [-0.25, -0.2) is 4.79 Å². The molecule has 8 heteroatoms. The smallest absolute Gasteiger partial charge is 0.322 e. The Balaban J connectivity index is 1.70. The Morgan fingerprint density at radius 2 is 2.04 bits per heavy atom. The second kappa shape index (κ2) is 8.50. The number of carbonyl (C=O) groups is 1. The Morgan fingerprint density at radius 1 is 1.25 bits per heavy atom. The SMILES string of the molecule is Cc1ccccc1NC(NC#N)N1CCN(C(=O)Nc2cccs2)CC1(C)C. The van der Waals surface area contributed by atoms with Gasteiger partial charge in [0.1, 0.15) is 0 Å². The maximum Gasteiger partial charge on any atom is 0.322 e. The normalized spacial score (nSPS) is 17.4. The van der Waals surface area contributed by atoms with Crippen LogP contribution in [0.1, 0.15) is 19.4 Å². The minimum atomic E-state index is -0.358. The minimum absolute atomic E-state index is 0.0909. The molecule has 1 fully saturated rings. The first-order valence-corrected chi connectivity index (χ1v) is 10.1. The van der Waals surface area contributed by atoms with E-state index in [2.05, 4.69) is 40.9 Å². The quantitative estimate of drug-likeness (QED) is 0.408. The summed E-state index contributed by atoms with van der Waals surface area (Å²) in [5.74, 6) is 0. The standard InChI is InChI=1S/C20H26N6OS/c1-15-7-4-5-8-16(15)23-18(22-14-21)26-11-10-25(13-20(26,2)3)19(27)24-17-9-6-12-28-17/h4-9,12,18,22-23H,10-11,13H2,1-3H3,(H,24,27). The Labute approximate surface area is 169 Å². The number of amides is 2. The minimum Gasteiger partial charge on any atom is -0.352 e. The van der Waals surface area contributed by atoms with Crippen molar-refractivity contribution in [3.05, 3.63) is 47.3 Å². The molecule has 0 bridgehead atoms. The molecule has 2 aromatic rings. The fourth-order valence-corrected chi connectivity index (χ4v) is 4.10. The van der Waals surface area contributed by atoms with Crippen molar-refractivity contribution in [2.45, 2.75) is 32.6 Å². The van der Waals surface area contributed by atoms with Crippen LogP contribution in [0.2, 0.25) is 0 Å². The molecule has 3 N–H and O–H groups in total. The monoisotopic (exact) mass is 398 g/mol. The predicted molar refractivity (Wildman–Crippen MR) is 113 cm³/mol. The van der Waals surface area contributed by atoms with E-state index in [0.717, 1.165) is 16.3 Å². The summed E-state index contributed by atoms with van der Waals surface area (Å²) < 4.78 is 0. The Morgan fingerprint density at radius 3 is 2.68 bits per heavy atom. The van der Waals surface area contributed by atoms with Crippen molar-refractivity contribution >= 4 is 28.1 Å². The Kier molecular flexibility index (Phi) is 6.07. The number of para-hydroxylation sites is 1. The highest BCUT2D eigenvalue weighted by Crippen LogP contribution is 2.25. The van der Waals surface area contributed by atoms with E-state index in [0.29, 0.717) is 19.6 Å². The molecule has 0 aliphatic carbocycles. The molecule has 0 spiro atoms. The topological polar surface area (TPSA) is 83.4 Å². The van der Waals surface area contributed by atoms with Crippen LogP contribution in [0.5, 0.6) is 0 Å². The van der Waals surface area contributed by atoms with Crippen LogP contribution in [0.15, 0.2) is 41.8 Å². The summed E-state index contributed by atoms with van der Waals surface area (Å²) in [7, 11) is 0. The van der Waals surface area contributed by atoms with Crippen LogP contribution in [0.25, 0.3) is 0 Å². The summed E-state index contributed by atoms with van der Waals surface area (Å²) in [6, 6.07) is 11.7. The van der Waals surface area contributed by atoms with Crippen molar-refractivity contribution in [1.82, 2.24) is 15.1 Å². The van der Waals surface area contributed by atoms with Crippen molar-refractivity contribution < 1.29 is 4.79 Å². The summed E-state index contributed by atoms with van der Waals surface area (Å²) in [5.41, 5.74) is 1.76. The number of hydrogen-bond acceptors (Lipinski definition) is 6. The number of nitriles is 1. The summed E-state index contributed by atoms with van der Waals surface area (Å²) >= 11 is 1.50. The van der Waals surface area contributed by atoms with Crippen molar-refractivity contribution in [1.29, 1.82) is 5.26 Å². The van der Waals surface area contributed by atoms with E-state index < -0.39 is 0 Å². The maximum absolute atomic E-state index is 12.6. The van der Waals surface area contributed by atoms with Gasteiger partial charge < -0.3 is 10.2 Å². The molecule has 1 atom stereocenters. The molecular formula is C20H26N6OS. The fourth-order valence-electron chi connectivity index (χ4n) is 3.49. The highest BCUT2D eigenvalue weighted by Gasteiger charge is 2.39. The van der Waals surface area contributed by atoms with E-state index in [1.54, 1.807) is 0 Å². The van der Waals surface area contributed by atoms with Gasteiger partial charge in [0.05, 0.1) is 5.00 Å². The van der Waals surface area contributed by atoms with E-state index in [1.807, 2.05) is 53.6 Å². The van der Waals surface area contributed by atoms with Crippen LogP contribution < -0.4 is 16.0 Å². The third kappa shape index (κ3) is 4.55. The van der Waals surface area contributed by atoms with E-state index in [4.69, 9.17) is 0 Å². The lowest BCUT2D eigenvalue weighted by Crippen LogP contribution is -2.67. The van der Waals surface area contributed by atoms with Gasteiger partial charge in [0.25, 0.3) is 0 Å². The number of rotatable bonds is 5. The number of benzene rings is 1. The van der Waals surface area contributed by atoms with Crippen LogP contribution in [0.3, 0.4) is 0 Å². The molecule has 1 aliphatic rings. The van der Waals surface area contributed by atoms with Crippen LogP contribution >= 0.6 is 11.3 Å². The fraction of sp³-hybridized carbons (Fsp3) is 0.400. The number of thiophene rings is 1. The number of nitrogens with zero attached hydrogens (tertiary/aromatic N) is 3. The highest BCUT2D eigenvalue weighted by atomic mass is 32.1. The van der Waals surface area contributed by atoms with Crippen molar-refractivity contribution in [2.75, 3.05) is 30.3 Å². The number of aryl methyl sites for hydroxylation is 1. The Hall–Kier alpha value is -2.76. The first kappa shape index (κ1) is 20.0. The molecule has 2 heterocycles. The molecule has 2 amide bonds. The van der Waals surface area contributed by atoms with Crippen molar-refractivity contribution in [3.8, 4) is 6.19 Å². The molecule has 3 rings (SSSR count). The molecule has 28 heavy (non-hydrogen) atoms. The van der Waals surface area contributed by atoms with Crippen LogP contribution in [-0.2, 0) is 0 Å². The molecule has 1 saturated heterocycles. The summed E-state index contributed by atoms with van der Waals surface area (Å²) in [6.07, 6.45) is 1.70. The van der Waals surface area contributed by atoms with Gasteiger partial charge in [0.2, 0.25) is 0 Å². The lowest BCUT2D eigenvalue weighted by atomic mass is 9.99. The maximum atomic E-state index is 12.6. The number of piperazine rings is 1. The third-order valence-electron chi connectivity index (χ3n) is 4.95. The number of hydrogen-bond donors (Lipinski definition) is 3. The average Bonchev–Trinajstić information content (AvgIpc) is 3.15. The van der Waals surface area contributed by atoms with Gasteiger partial charge in [-0.15, -0.1) is 11.3 Å². The van der Waals surface area contributed by atoms with Crippen LogP contribution in [0.4, 0.5) is 15.5 Å². The zero-order valence-electron chi connectivity index (χ0n) is 16.4. The van der Waals surface area contributed by atoms with E-state index in [-0.39, 0.29) is 17.9 Å². The number of urea groups is 1. The second-order valence-corrected chi connectivity index (χ2v) is 8.40. The molecule has 1 unspecified atom stereocenters. The van der Waals surface area contributed by atoms with Gasteiger partial charge in [-0.2, -0.15) is 5.26 Å². The molecule has 0 radical (unpaired) electrons. The largest absolute Gasteiger partial charge is 0.352 e. The van der Waals surface area contributed by atoms with Crippen molar-refractivity contribution in [3.63, 3.8) is 0 Å². The number of anilines is 2. The van der Waals surface area contributed by atoms with Gasteiger partial charge in [-0.05, 0) is 49.9 Å². The molecule has 7 nitrogen and oxygen atoms in total. The molecule has 1 aliphatic heterocycles. The zero-order chi connectivity index (χ0) is 20.1. The first-order chi connectivity index (χ1) is 13.4. The van der Waals surface area contributed by atoms with E-state index in [9.17, 15) is 10.1 Å². The first-order valence-electron chi connectivity index (χ1n) is 9.24. The molecule has 0 saturated carbocycles. The molecular weight excluding hydrogens is 372 g/mol. The predicted octanol–water partition coefficient (Wildman–Crippen LogP) is 3.45. The number of nitrogens with one attached hydrogen (secondary N) is 3. The summed E-state index contributed by atoms with van der Waals surface area (Å²) in [6.45, 7) is 7.99. The van der Waals surface area contributed by atoms with Gasteiger partial charge in [0.15, 0.2) is 12.5 Å². The van der Waals surface area contributed by atoms with Gasteiger partial charge in [-0.1, -0.05) is 18.2 Å². The Bertz CT molecular complexity index is 845. The third-order valence-corrected chi connectivity index (χ3v) is 5.74. The average molecular weight is 399 g/mol. The van der Waals surface area contributed by atoms with Gasteiger partial charge in [0, 0.05) is 30.9 Å². The van der Waals surface area contributed by atoms with Gasteiger partial charge >= 0.3 is 6.03 Å².